The number of benzene rings is 2. The number of nitrogens with zero attached hydrogens (tertiary/aromatic N) is 1. The van der Waals surface area contributed by atoms with Gasteiger partial charge in [-0.1, -0.05) is 42.5 Å². The average Bonchev–Trinajstić information content (AvgIpc) is 2.56. The lowest BCUT2D eigenvalue weighted by Crippen LogP contribution is -2.34. The van der Waals surface area contributed by atoms with Crippen molar-refractivity contribution in [3.63, 3.8) is 0 Å². The minimum atomic E-state index is -4.29. The Morgan fingerprint density at radius 1 is 1.12 bits per heavy atom. The van der Waals surface area contributed by atoms with Gasteiger partial charge in [0, 0.05) is 4.90 Å². The van der Waals surface area contributed by atoms with Crippen molar-refractivity contribution in [3.05, 3.63) is 65.7 Å². The molecular formula is C17H16F3N3S2. The zero-order chi connectivity index (χ0) is 18.3. The number of nitrogens with one attached hydrogen (secondary N) is 2. The molecule has 3 nitrogen and oxygen atoms in total. The lowest BCUT2D eigenvalue weighted by atomic mass is 10.1. The summed E-state index contributed by atoms with van der Waals surface area (Å²) in [6, 6.07) is 15.7. The van der Waals surface area contributed by atoms with Gasteiger partial charge in [0.25, 0.3) is 0 Å². The van der Waals surface area contributed by atoms with E-state index in [1.165, 1.54) is 18.3 Å². The second-order valence-electron chi connectivity index (χ2n) is 5.09. The molecule has 2 aromatic rings. The lowest BCUT2D eigenvalue weighted by molar-refractivity contribution is -0.0328. The normalized spacial score (nSPS) is 12.8. The van der Waals surface area contributed by atoms with Gasteiger partial charge in [0.2, 0.25) is 0 Å². The van der Waals surface area contributed by atoms with Gasteiger partial charge in [-0.3, -0.25) is 5.43 Å². The highest BCUT2D eigenvalue weighted by Gasteiger charge is 2.28. The fourth-order valence-electron chi connectivity index (χ4n) is 1.97. The highest BCUT2D eigenvalue weighted by Crippen LogP contribution is 2.36. The minimum absolute atomic E-state index is 0.0232. The van der Waals surface area contributed by atoms with Crippen molar-refractivity contribution in [2.45, 2.75) is 23.4 Å². The molecular weight excluding hydrogens is 367 g/mol. The van der Waals surface area contributed by atoms with Crippen LogP contribution in [-0.4, -0.2) is 16.8 Å². The highest BCUT2D eigenvalue weighted by molar-refractivity contribution is 8.00. The predicted molar refractivity (Wildman–Crippen MR) is 99.7 cm³/mol. The van der Waals surface area contributed by atoms with Crippen molar-refractivity contribution in [2.75, 3.05) is 0 Å². The monoisotopic (exact) mass is 383 g/mol. The lowest BCUT2D eigenvalue weighted by Gasteiger charge is -2.15. The van der Waals surface area contributed by atoms with E-state index in [0.29, 0.717) is 10.7 Å². The molecule has 8 heteroatoms. The van der Waals surface area contributed by atoms with E-state index in [-0.39, 0.29) is 22.7 Å². The molecule has 0 spiro atoms. The van der Waals surface area contributed by atoms with Crippen molar-refractivity contribution in [2.24, 2.45) is 5.10 Å². The van der Waals surface area contributed by atoms with Crippen LogP contribution >= 0.6 is 24.0 Å². The van der Waals surface area contributed by atoms with Crippen molar-refractivity contribution >= 4 is 35.3 Å². The van der Waals surface area contributed by atoms with Gasteiger partial charge >= 0.3 is 5.51 Å². The number of hydrogen-bond acceptors (Lipinski definition) is 3. The molecule has 2 aromatic carbocycles. The second-order valence-corrected chi connectivity index (χ2v) is 6.64. The van der Waals surface area contributed by atoms with Crippen LogP contribution in [-0.2, 0) is 0 Å². The first kappa shape index (κ1) is 19.3. The maximum absolute atomic E-state index is 12.3. The van der Waals surface area contributed by atoms with Crippen molar-refractivity contribution < 1.29 is 13.2 Å². The summed E-state index contributed by atoms with van der Waals surface area (Å²) in [5, 5.41) is 7.44. The maximum Gasteiger partial charge on any atom is 0.446 e. The minimum Gasteiger partial charge on any atom is -0.355 e. The Bertz CT molecular complexity index is 716. The third-order valence-electron chi connectivity index (χ3n) is 3.14. The molecule has 0 saturated heterocycles. The number of hydrogen-bond donors (Lipinski definition) is 2. The summed E-state index contributed by atoms with van der Waals surface area (Å²) >= 11 is 5.01. The molecule has 0 radical (unpaired) electrons. The van der Waals surface area contributed by atoms with Gasteiger partial charge in [0.05, 0.1) is 12.3 Å². The largest absolute Gasteiger partial charge is 0.446 e. The topological polar surface area (TPSA) is 36.4 Å². The smallest absolute Gasteiger partial charge is 0.355 e. The molecule has 0 unspecified atom stereocenters. The quantitative estimate of drug-likeness (QED) is 0.335. The molecule has 0 saturated carbocycles. The first-order valence-electron chi connectivity index (χ1n) is 7.34. The molecule has 0 bridgehead atoms. The summed E-state index contributed by atoms with van der Waals surface area (Å²) in [4.78, 5) is 0.131. The summed E-state index contributed by atoms with van der Waals surface area (Å²) < 4.78 is 36.8. The van der Waals surface area contributed by atoms with Crippen LogP contribution in [0.4, 0.5) is 13.2 Å². The van der Waals surface area contributed by atoms with Crippen LogP contribution in [0.25, 0.3) is 0 Å². The molecule has 2 N–H and O–H groups in total. The fraction of sp³-hybridized carbons (Fsp3) is 0.176. The van der Waals surface area contributed by atoms with Crippen LogP contribution in [0.15, 0.2) is 64.6 Å². The second kappa shape index (κ2) is 8.87. The van der Waals surface area contributed by atoms with E-state index in [1.54, 1.807) is 12.1 Å². The van der Waals surface area contributed by atoms with E-state index < -0.39 is 5.51 Å². The Morgan fingerprint density at radius 2 is 1.76 bits per heavy atom. The summed E-state index contributed by atoms with van der Waals surface area (Å²) in [5.41, 5.74) is 0.158. The Morgan fingerprint density at radius 3 is 2.36 bits per heavy atom. The number of thiocarbonyl (C=S) groups is 1. The van der Waals surface area contributed by atoms with E-state index in [2.05, 4.69) is 15.8 Å². The van der Waals surface area contributed by atoms with E-state index in [1.807, 2.05) is 37.3 Å². The predicted octanol–water partition coefficient (Wildman–Crippen LogP) is 4.86. The van der Waals surface area contributed by atoms with Gasteiger partial charge in [0.15, 0.2) is 5.11 Å². The van der Waals surface area contributed by atoms with Crippen LogP contribution in [0, 0.1) is 0 Å². The first-order chi connectivity index (χ1) is 11.8. The van der Waals surface area contributed by atoms with E-state index in [4.69, 9.17) is 12.2 Å². The van der Waals surface area contributed by atoms with Crippen molar-refractivity contribution in [1.29, 1.82) is 0 Å². The number of halogens is 3. The average molecular weight is 383 g/mol. The Kier molecular flexibility index (Phi) is 6.83. The maximum atomic E-state index is 12.3. The van der Waals surface area contributed by atoms with Gasteiger partial charge in [-0.2, -0.15) is 18.3 Å². The van der Waals surface area contributed by atoms with Gasteiger partial charge in [-0.25, -0.2) is 0 Å². The van der Waals surface area contributed by atoms with E-state index in [9.17, 15) is 13.2 Å². The molecule has 0 aliphatic rings. The Labute approximate surface area is 153 Å². The molecule has 0 aromatic heterocycles. The molecule has 0 amide bonds. The molecule has 0 aliphatic carbocycles. The molecule has 25 heavy (non-hydrogen) atoms. The van der Waals surface area contributed by atoms with Gasteiger partial charge in [-0.05, 0) is 54.2 Å². The number of hydrazone groups is 1. The van der Waals surface area contributed by atoms with E-state index in [0.717, 1.165) is 5.56 Å². The SMILES string of the molecule is C[C@H](NC(=S)N/N=C/c1ccc(SC(F)(F)F)cc1)c1ccccc1. The molecule has 0 heterocycles. The van der Waals surface area contributed by atoms with Gasteiger partial charge < -0.3 is 5.32 Å². The summed E-state index contributed by atoms with van der Waals surface area (Å²) in [6.45, 7) is 1.98. The van der Waals surface area contributed by atoms with Crippen molar-refractivity contribution in [3.8, 4) is 0 Å². The zero-order valence-electron chi connectivity index (χ0n) is 13.2. The van der Waals surface area contributed by atoms with Crippen LogP contribution in [0.2, 0.25) is 0 Å². The van der Waals surface area contributed by atoms with Crippen molar-refractivity contribution in [1.82, 2.24) is 10.7 Å². The molecule has 1 atom stereocenters. The van der Waals surface area contributed by atoms with Gasteiger partial charge in [-0.15, -0.1) is 0 Å². The summed E-state index contributed by atoms with van der Waals surface area (Å²) in [7, 11) is 0. The Hall–Kier alpha value is -2.06. The fourth-order valence-corrected chi connectivity index (χ4v) is 2.74. The van der Waals surface area contributed by atoms with Crippen LogP contribution in [0.5, 0.6) is 0 Å². The number of alkyl halides is 3. The zero-order valence-corrected chi connectivity index (χ0v) is 14.9. The van der Waals surface area contributed by atoms with E-state index >= 15 is 0 Å². The standard InChI is InChI=1S/C17H16F3N3S2/c1-12(14-5-3-2-4-6-14)22-16(24)23-21-11-13-7-9-15(10-8-13)25-17(18,19)20/h2-12H,1H3,(H2,22,23,24)/b21-11+/t12-/m0/s1. The van der Waals surface area contributed by atoms with Crippen LogP contribution < -0.4 is 10.7 Å². The molecule has 132 valence electrons. The number of rotatable bonds is 5. The van der Waals surface area contributed by atoms with Crippen LogP contribution in [0.1, 0.15) is 24.1 Å². The Balaban J connectivity index is 1.83. The molecule has 0 fully saturated rings. The van der Waals surface area contributed by atoms with Crippen LogP contribution in [0.3, 0.4) is 0 Å². The molecule has 2 rings (SSSR count). The summed E-state index contributed by atoms with van der Waals surface area (Å²) in [5.74, 6) is 0. The summed E-state index contributed by atoms with van der Waals surface area (Å²) in [6.07, 6.45) is 1.49. The third-order valence-corrected chi connectivity index (χ3v) is 4.09. The number of thioether (sulfide) groups is 1. The highest BCUT2D eigenvalue weighted by atomic mass is 32.2. The first-order valence-corrected chi connectivity index (χ1v) is 8.56. The third kappa shape index (κ3) is 7.15. The van der Waals surface area contributed by atoms with Gasteiger partial charge in [0.1, 0.15) is 0 Å². The molecule has 0 aliphatic heterocycles.